The van der Waals surface area contributed by atoms with E-state index in [4.69, 9.17) is 11.1 Å². The zero-order chi connectivity index (χ0) is 4.12. The summed E-state index contributed by atoms with van der Waals surface area (Å²) in [5, 5.41) is 6.27. The summed E-state index contributed by atoms with van der Waals surface area (Å²) in [5.74, 6) is 0. The van der Waals surface area contributed by atoms with Crippen LogP contribution in [-0.4, -0.2) is 6.21 Å². The fourth-order valence-electron chi connectivity index (χ4n) is 0.0481. The van der Waals surface area contributed by atoms with Crippen LogP contribution in [-0.2, 0) is 0 Å². The molecule has 0 aliphatic rings. The van der Waals surface area contributed by atoms with Gasteiger partial charge in [-0.15, -0.1) is 0 Å². The third-order valence-corrected chi connectivity index (χ3v) is 0.192. The second-order valence-corrected chi connectivity index (χ2v) is 0.526. The topological polar surface area (TPSA) is 47.7 Å². The lowest BCUT2D eigenvalue weighted by molar-refractivity contribution is 1.58. The fraction of sp³-hybridized carbons (Fsp3) is 0. The summed E-state index contributed by atoms with van der Waals surface area (Å²) in [6.07, 6.45) is 3.46. The molecule has 0 aromatic heterocycles. The van der Waals surface area contributed by atoms with Crippen LogP contribution in [0.5, 0.6) is 0 Å². The van der Waals surface area contributed by atoms with Gasteiger partial charge in [-0.2, -0.15) is 6.20 Å². The molecule has 0 aromatic rings. The highest BCUT2D eigenvalue weighted by molar-refractivity contribution is 5.67. The van der Waals surface area contributed by atoms with E-state index < -0.39 is 0 Å². The summed E-state index contributed by atoms with van der Waals surface area (Å²) >= 11 is 0. The molecule has 0 unspecified atom stereocenters. The number of nitrogens with one attached hydrogen (secondary N) is 2. The minimum Gasteiger partial charge on any atom is -0.705 e. The predicted octanol–water partition coefficient (Wildman–Crippen LogP) is 1.20. The Labute approximate surface area is 30.8 Å². The molecule has 0 aliphatic heterocycles. The summed E-state index contributed by atoms with van der Waals surface area (Å²) in [6.45, 7) is 0. The number of allylic oxidation sites excluding steroid dienone is 1. The van der Waals surface area contributed by atoms with Crippen molar-refractivity contribution >= 4 is 6.21 Å². The van der Waals surface area contributed by atoms with Crippen molar-refractivity contribution < 1.29 is 0 Å². The van der Waals surface area contributed by atoms with E-state index in [1.54, 1.807) is 0 Å². The Morgan fingerprint density at radius 2 is 2.20 bits per heavy atom. The third kappa shape index (κ3) is 3.21. The summed E-state index contributed by atoms with van der Waals surface area (Å²) in [7, 11) is 0. The van der Waals surface area contributed by atoms with Crippen molar-refractivity contribution in [3.05, 3.63) is 18.0 Å². The third-order valence-electron chi connectivity index (χ3n) is 0.192. The maximum atomic E-state index is 6.27. The first kappa shape index (κ1) is 4.21. The van der Waals surface area contributed by atoms with Crippen molar-refractivity contribution in [1.82, 2.24) is 0 Å². The first-order chi connectivity index (χ1) is 2.41. The van der Waals surface area contributed by atoms with Gasteiger partial charge in [0.2, 0.25) is 0 Å². The predicted molar refractivity (Wildman–Crippen MR) is 22.2 cm³/mol. The van der Waals surface area contributed by atoms with Gasteiger partial charge in [0.05, 0.1) is 0 Å². The highest BCUT2D eigenvalue weighted by atomic mass is 14.5. The van der Waals surface area contributed by atoms with Crippen LogP contribution >= 0.6 is 0 Å². The van der Waals surface area contributed by atoms with Crippen LogP contribution in [0.25, 0.3) is 5.73 Å². The summed E-state index contributed by atoms with van der Waals surface area (Å²) in [6, 6.07) is 0. The molecule has 2 nitrogen and oxygen atoms in total. The average Bonchev–Trinajstić information content (AvgIpc) is 1.41. The first-order valence-corrected chi connectivity index (χ1v) is 1.24. The highest BCUT2D eigenvalue weighted by Crippen LogP contribution is 1.58. The minimum atomic E-state index is 1.06. The van der Waals surface area contributed by atoms with Gasteiger partial charge in [-0.05, 0) is 0 Å². The molecule has 0 spiro atoms. The molecular formula is C3H5N2-. The lowest BCUT2D eigenvalue weighted by atomic mass is 10.7. The summed E-state index contributed by atoms with van der Waals surface area (Å²) in [5.41, 5.74) is 6.27. The molecule has 0 amide bonds. The van der Waals surface area contributed by atoms with Crippen molar-refractivity contribution in [2.75, 3.05) is 0 Å². The Hall–Kier alpha value is -0.790. The van der Waals surface area contributed by atoms with E-state index in [-0.39, 0.29) is 0 Å². The Morgan fingerprint density at radius 3 is 2.20 bits per heavy atom. The Morgan fingerprint density at radius 1 is 1.60 bits per heavy atom. The molecule has 0 aromatic carbocycles. The normalized spacial score (nSPS) is 8.80. The van der Waals surface area contributed by atoms with Gasteiger partial charge in [0.25, 0.3) is 0 Å². The van der Waals surface area contributed by atoms with E-state index in [1.165, 1.54) is 6.08 Å². The summed E-state index contributed by atoms with van der Waals surface area (Å²) in [4.78, 5) is 0. The molecule has 2 N–H and O–H groups in total. The SMILES string of the molecule is N=C/C=C\[NH-]. The summed E-state index contributed by atoms with van der Waals surface area (Å²) < 4.78 is 0. The van der Waals surface area contributed by atoms with Gasteiger partial charge in [0, 0.05) is 6.21 Å². The van der Waals surface area contributed by atoms with Crippen LogP contribution in [0.15, 0.2) is 12.3 Å². The second-order valence-electron chi connectivity index (χ2n) is 0.526. The molecule has 0 saturated heterocycles. The molecule has 0 saturated carbocycles. The van der Waals surface area contributed by atoms with Crippen molar-refractivity contribution in [1.29, 1.82) is 5.41 Å². The zero-order valence-corrected chi connectivity index (χ0v) is 2.73. The van der Waals surface area contributed by atoms with Crippen LogP contribution in [0.1, 0.15) is 0 Å². The Kier molecular flexibility index (Phi) is 2.70. The van der Waals surface area contributed by atoms with Gasteiger partial charge < -0.3 is 11.1 Å². The molecule has 0 radical (unpaired) electrons. The molecular weight excluding hydrogens is 64.0 g/mol. The van der Waals surface area contributed by atoms with Gasteiger partial charge >= 0.3 is 0 Å². The molecule has 0 aliphatic carbocycles. The van der Waals surface area contributed by atoms with E-state index in [9.17, 15) is 0 Å². The van der Waals surface area contributed by atoms with Crippen molar-refractivity contribution in [2.24, 2.45) is 0 Å². The van der Waals surface area contributed by atoms with E-state index in [0.717, 1.165) is 12.4 Å². The van der Waals surface area contributed by atoms with Gasteiger partial charge in [-0.1, -0.05) is 6.08 Å². The largest absolute Gasteiger partial charge is 0.705 e. The molecule has 0 heterocycles. The van der Waals surface area contributed by atoms with Crippen LogP contribution in [0.2, 0.25) is 0 Å². The van der Waals surface area contributed by atoms with Crippen LogP contribution in [0.3, 0.4) is 0 Å². The molecule has 5 heavy (non-hydrogen) atoms. The van der Waals surface area contributed by atoms with Crippen LogP contribution in [0.4, 0.5) is 0 Å². The lowest BCUT2D eigenvalue weighted by Crippen LogP contribution is -1.47. The van der Waals surface area contributed by atoms with Gasteiger partial charge in [0.15, 0.2) is 0 Å². The number of hydrogen-bond acceptors (Lipinski definition) is 1. The molecule has 0 fully saturated rings. The fourth-order valence-corrected chi connectivity index (χ4v) is 0.0481. The molecule has 0 atom stereocenters. The van der Waals surface area contributed by atoms with E-state index in [2.05, 4.69) is 0 Å². The maximum absolute atomic E-state index is 6.27. The lowest BCUT2D eigenvalue weighted by Gasteiger charge is -1.71. The number of rotatable bonds is 1. The minimum absolute atomic E-state index is 1.06. The standard InChI is InChI=1S/C3H5N2/c4-2-1-3-5/h1-5H/q-1/b2-1-,5-3?. The maximum Gasteiger partial charge on any atom is 0.0159 e. The molecule has 0 bridgehead atoms. The van der Waals surface area contributed by atoms with Crippen molar-refractivity contribution in [2.45, 2.75) is 0 Å². The van der Waals surface area contributed by atoms with E-state index in [1.807, 2.05) is 0 Å². The zero-order valence-electron chi connectivity index (χ0n) is 2.73. The Bertz CT molecular complexity index is 46.9. The van der Waals surface area contributed by atoms with Gasteiger partial charge in [-0.25, -0.2) is 0 Å². The van der Waals surface area contributed by atoms with Gasteiger partial charge in [-0.3, -0.25) is 0 Å². The molecule has 28 valence electrons. The van der Waals surface area contributed by atoms with Crippen molar-refractivity contribution in [3.63, 3.8) is 0 Å². The van der Waals surface area contributed by atoms with Crippen LogP contribution < -0.4 is 0 Å². The highest BCUT2D eigenvalue weighted by Gasteiger charge is 1.36. The Balaban J connectivity index is 2.92. The molecule has 0 rings (SSSR count). The number of hydrogen-bond donors (Lipinski definition) is 1. The second kappa shape index (κ2) is 3.21. The first-order valence-electron chi connectivity index (χ1n) is 1.24. The van der Waals surface area contributed by atoms with Gasteiger partial charge in [0.1, 0.15) is 0 Å². The van der Waals surface area contributed by atoms with Crippen molar-refractivity contribution in [3.8, 4) is 0 Å². The van der Waals surface area contributed by atoms with Crippen LogP contribution in [0, 0.1) is 5.41 Å². The average molecular weight is 69.1 g/mol. The smallest absolute Gasteiger partial charge is 0.0159 e. The monoisotopic (exact) mass is 69.0 g/mol. The quantitative estimate of drug-likeness (QED) is 0.450. The van der Waals surface area contributed by atoms with E-state index in [0.29, 0.717) is 0 Å². The molecule has 2 heteroatoms. The van der Waals surface area contributed by atoms with E-state index >= 15 is 0 Å².